The third-order valence-electron chi connectivity index (χ3n) is 4.21. The summed E-state index contributed by atoms with van der Waals surface area (Å²) in [4.78, 5) is 14.4. The quantitative estimate of drug-likeness (QED) is 0.453. The van der Waals surface area contributed by atoms with Crippen LogP contribution < -0.4 is 11.3 Å². The number of benzene rings is 1. The van der Waals surface area contributed by atoms with Crippen LogP contribution in [0.4, 0.5) is 0 Å². The Labute approximate surface area is 120 Å². The smallest absolute Gasteiger partial charge is 0.265 e. The van der Waals surface area contributed by atoms with Gasteiger partial charge in [-0.25, -0.2) is 5.84 Å². The molecule has 0 aliphatic heterocycles. The van der Waals surface area contributed by atoms with Crippen LogP contribution in [0.3, 0.4) is 0 Å². The van der Waals surface area contributed by atoms with Crippen LogP contribution in [-0.2, 0) is 6.54 Å². The lowest BCUT2D eigenvalue weighted by Gasteiger charge is -2.23. The predicted octanol–water partition coefficient (Wildman–Crippen LogP) is 1.91. The number of nitrogens with one attached hydrogen (secondary N) is 1. The van der Waals surface area contributed by atoms with Gasteiger partial charge in [-0.15, -0.1) is 0 Å². The first-order valence-electron chi connectivity index (χ1n) is 7.57. The first-order chi connectivity index (χ1) is 9.76. The fraction of sp³-hybridized carbons (Fsp3) is 0.562. The van der Waals surface area contributed by atoms with Crippen molar-refractivity contribution in [2.45, 2.75) is 32.2 Å². The van der Waals surface area contributed by atoms with Crippen LogP contribution in [0.5, 0.6) is 0 Å². The number of nitrogens with two attached hydrogens (primary N) is 1. The van der Waals surface area contributed by atoms with E-state index >= 15 is 0 Å². The van der Waals surface area contributed by atoms with Crippen LogP contribution >= 0.6 is 0 Å². The Morgan fingerprint density at radius 3 is 2.30 bits per heavy atom. The van der Waals surface area contributed by atoms with Crippen LogP contribution in [0, 0.1) is 11.8 Å². The van der Waals surface area contributed by atoms with E-state index in [-0.39, 0.29) is 5.91 Å². The minimum atomic E-state index is -0.196. The highest BCUT2D eigenvalue weighted by atomic mass is 16.2. The predicted molar refractivity (Wildman–Crippen MR) is 78.8 cm³/mol. The molecule has 4 heteroatoms. The Morgan fingerprint density at radius 2 is 1.75 bits per heavy atom. The van der Waals surface area contributed by atoms with Gasteiger partial charge in [-0.1, -0.05) is 18.2 Å². The Hall–Kier alpha value is -1.39. The number of amides is 1. The van der Waals surface area contributed by atoms with E-state index in [0.717, 1.165) is 23.9 Å². The summed E-state index contributed by atoms with van der Waals surface area (Å²) in [5.41, 5.74) is 4.02. The van der Waals surface area contributed by atoms with Gasteiger partial charge in [0.1, 0.15) is 0 Å². The van der Waals surface area contributed by atoms with Crippen molar-refractivity contribution in [3.63, 3.8) is 0 Å². The van der Waals surface area contributed by atoms with E-state index in [0.29, 0.717) is 5.56 Å². The summed E-state index contributed by atoms with van der Waals surface area (Å²) in [5.74, 6) is 6.83. The molecule has 20 heavy (non-hydrogen) atoms. The van der Waals surface area contributed by atoms with Gasteiger partial charge in [-0.05, 0) is 49.1 Å². The fourth-order valence-corrected chi connectivity index (χ4v) is 2.73. The molecule has 1 aromatic rings. The monoisotopic (exact) mass is 273 g/mol. The molecule has 4 nitrogen and oxygen atoms in total. The molecule has 2 saturated carbocycles. The summed E-state index contributed by atoms with van der Waals surface area (Å²) < 4.78 is 0. The molecule has 0 radical (unpaired) electrons. The van der Waals surface area contributed by atoms with E-state index in [1.54, 1.807) is 0 Å². The fourth-order valence-electron chi connectivity index (χ4n) is 2.73. The molecule has 2 aliphatic rings. The number of hydrogen-bond donors (Lipinski definition) is 2. The van der Waals surface area contributed by atoms with Gasteiger partial charge in [0.05, 0.1) is 0 Å². The van der Waals surface area contributed by atoms with E-state index in [1.807, 2.05) is 24.3 Å². The zero-order chi connectivity index (χ0) is 13.9. The third-order valence-corrected chi connectivity index (χ3v) is 4.21. The van der Waals surface area contributed by atoms with Crippen molar-refractivity contribution in [1.29, 1.82) is 0 Å². The molecule has 1 aromatic carbocycles. The molecular formula is C16H23N3O. The first kappa shape index (κ1) is 13.6. The van der Waals surface area contributed by atoms with Crippen LogP contribution in [0.15, 0.2) is 24.3 Å². The topological polar surface area (TPSA) is 58.4 Å². The van der Waals surface area contributed by atoms with Gasteiger partial charge in [0.25, 0.3) is 5.91 Å². The number of nitrogen functional groups attached to an aromatic ring is 1. The van der Waals surface area contributed by atoms with Crippen molar-refractivity contribution < 1.29 is 4.79 Å². The van der Waals surface area contributed by atoms with Crippen molar-refractivity contribution in [2.24, 2.45) is 17.7 Å². The lowest BCUT2D eigenvalue weighted by Crippen LogP contribution is -2.33. The van der Waals surface area contributed by atoms with E-state index in [1.165, 1.54) is 38.8 Å². The molecule has 0 atom stereocenters. The average molecular weight is 273 g/mol. The molecule has 108 valence electrons. The van der Waals surface area contributed by atoms with Crippen LogP contribution in [0.2, 0.25) is 0 Å². The Kier molecular flexibility index (Phi) is 4.03. The van der Waals surface area contributed by atoms with Crippen molar-refractivity contribution in [3.05, 3.63) is 35.4 Å². The number of nitrogens with zero attached hydrogens (tertiary/aromatic N) is 1. The summed E-state index contributed by atoms with van der Waals surface area (Å²) in [7, 11) is 0. The molecule has 2 aliphatic carbocycles. The van der Waals surface area contributed by atoms with Crippen LogP contribution in [0.1, 0.15) is 41.6 Å². The van der Waals surface area contributed by atoms with Gasteiger partial charge in [-0.2, -0.15) is 0 Å². The van der Waals surface area contributed by atoms with Crippen LogP contribution in [-0.4, -0.2) is 23.9 Å². The molecule has 0 heterocycles. The molecule has 0 bridgehead atoms. The summed E-state index contributed by atoms with van der Waals surface area (Å²) >= 11 is 0. The second-order valence-corrected chi connectivity index (χ2v) is 6.21. The molecule has 0 unspecified atom stereocenters. The Balaban J connectivity index is 1.70. The average Bonchev–Trinajstić information content (AvgIpc) is 3.35. The van der Waals surface area contributed by atoms with Gasteiger partial charge in [0.15, 0.2) is 0 Å². The highest BCUT2D eigenvalue weighted by molar-refractivity contribution is 5.95. The van der Waals surface area contributed by atoms with Crippen LogP contribution in [0.25, 0.3) is 0 Å². The second-order valence-electron chi connectivity index (χ2n) is 6.21. The molecular weight excluding hydrogens is 250 g/mol. The lowest BCUT2D eigenvalue weighted by molar-refractivity contribution is 0.0951. The van der Waals surface area contributed by atoms with E-state index in [4.69, 9.17) is 5.84 Å². The van der Waals surface area contributed by atoms with Gasteiger partial charge in [0, 0.05) is 25.2 Å². The van der Waals surface area contributed by atoms with Crippen molar-refractivity contribution in [3.8, 4) is 0 Å². The SMILES string of the molecule is NNC(=O)c1ccccc1CN(CC1CC1)CC1CC1. The van der Waals surface area contributed by atoms with Crippen molar-refractivity contribution in [2.75, 3.05) is 13.1 Å². The van der Waals surface area contributed by atoms with Gasteiger partial charge >= 0.3 is 0 Å². The largest absolute Gasteiger partial charge is 0.299 e. The molecule has 0 aromatic heterocycles. The molecule has 3 rings (SSSR count). The molecule has 0 saturated heterocycles. The minimum Gasteiger partial charge on any atom is -0.299 e. The van der Waals surface area contributed by atoms with Gasteiger partial charge in [0.2, 0.25) is 0 Å². The van der Waals surface area contributed by atoms with Crippen molar-refractivity contribution >= 4 is 5.91 Å². The maximum absolute atomic E-state index is 11.8. The molecule has 0 spiro atoms. The number of hydrazine groups is 1. The summed E-state index contributed by atoms with van der Waals surface area (Å²) in [6, 6.07) is 7.77. The summed E-state index contributed by atoms with van der Waals surface area (Å²) in [5, 5.41) is 0. The number of rotatable bonds is 7. The van der Waals surface area contributed by atoms with Gasteiger partial charge < -0.3 is 0 Å². The third kappa shape index (κ3) is 3.58. The second kappa shape index (κ2) is 5.94. The lowest BCUT2D eigenvalue weighted by atomic mass is 10.1. The summed E-state index contributed by atoms with van der Waals surface area (Å²) in [6.07, 6.45) is 5.47. The minimum absolute atomic E-state index is 0.196. The van der Waals surface area contributed by atoms with E-state index in [2.05, 4.69) is 10.3 Å². The molecule has 2 fully saturated rings. The highest BCUT2D eigenvalue weighted by Gasteiger charge is 2.29. The molecule has 3 N–H and O–H groups in total. The zero-order valence-electron chi connectivity index (χ0n) is 11.8. The van der Waals surface area contributed by atoms with Gasteiger partial charge in [-0.3, -0.25) is 15.1 Å². The van der Waals surface area contributed by atoms with E-state index < -0.39 is 0 Å². The zero-order valence-corrected chi connectivity index (χ0v) is 11.8. The highest BCUT2D eigenvalue weighted by Crippen LogP contribution is 2.34. The number of carbonyl (C=O) groups excluding carboxylic acids is 1. The summed E-state index contributed by atoms with van der Waals surface area (Å²) in [6.45, 7) is 3.21. The Morgan fingerprint density at radius 1 is 1.15 bits per heavy atom. The maximum Gasteiger partial charge on any atom is 0.265 e. The number of hydrogen-bond acceptors (Lipinski definition) is 3. The van der Waals surface area contributed by atoms with E-state index in [9.17, 15) is 4.79 Å². The number of carbonyl (C=O) groups is 1. The Bertz CT molecular complexity index is 466. The molecule has 1 amide bonds. The maximum atomic E-state index is 11.8. The standard InChI is InChI=1S/C16H23N3O/c17-18-16(20)15-4-2-1-3-14(15)11-19(9-12-5-6-12)10-13-7-8-13/h1-4,12-13H,5-11,17H2,(H,18,20). The van der Waals surface area contributed by atoms with Crippen molar-refractivity contribution in [1.82, 2.24) is 10.3 Å². The first-order valence-corrected chi connectivity index (χ1v) is 7.57. The normalized spacial score (nSPS) is 18.3.